The van der Waals surface area contributed by atoms with Crippen LogP contribution in [-0.4, -0.2) is 20.7 Å². The SMILES string of the molecule is CC.CC.CC.CC.CC\C=C/C(=C\C(=C\C=C\CC(CC)c1cc(C)ccc1[NH2+]C)OC)NCC. The van der Waals surface area contributed by atoms with E-state index >= 15 is 0 Å². The van der Waals surface area contributed by atoms with Crippen LogP contribution in [0, 0.1) is 6.92 Å². The lowest BCUT2D eigenvalue weighted by atomic mass is 9.90. The van der Waals surface area contributed by atoms with Crippen LogP contribution in [0.2, 0.25) is 0 Å². The highest BCUT2D eigenvalue weighted by Gasteiger charge is 2.14. The molecule has 0 aliphatic heterocycles. The van der Waals surface area contributed by atoms with Crippen LogP contribution in [0.15, 0.2) is 66.1 Å². The zero-order valence-corrected chi connectivity index (χ0v) is 26.6. The van der Waals surface area contributed by atoms with Gasteiger partial charge in [0.05, 0.1) is 14.2 Å². The Bertz CT molecular complexity index is 700. The van der Waals surface area contributed by atoms with Gasteiger partial charge in [0.15, 0.2) is 0 Å². The number of nitrogens with two attached hydrogens (primary N) is 1. The van der Waals surface area contributed by atoms with Gasteiger partial charge >= 0.3 is 0 Å². The van der Waals surface area contributed by atoms with Crippen LogP contribution in [0.25, 0.3) is 0 Å². The van der Waals surface area contributed by atoms with Crippen molar-refractivity contribution in [2.75, 3.05) is 20.7 Å². The highest BCUT2D eigenvalue weighted by atomic mass is 16.5. The van der Waals surface area contributed by atoms with Gasteiger partial charge < -0.3 is 15.4 Å². The summed E-state index contributed by atoms with van der Waals surface area (Å²) in [5.41, 5.74) is 5.19. The number of aryl methyl sites for hydroxylation is 1. The third-order valence-corrected chi connectivity index (χ3v) is 4.75. The van der Waals surface area contributed by atoms with Crippen molar-refractivity contribution in [2.45, 2.75) is 108 Å². The fraction of sp³-hybridized carbons (Fsp3) is 0.576. The molecule has 0 saturated carbocycles. The van der Waals surface area contributed by atoms with Crippen molar-refractivity contribution in [2.24, 2.45) is 0 Å². The van der Waals surface area contributed by atoms with Crippen molar-refractivity contribution in [3.63, 3.8) is 0 Å². The van der Waals surface area contributed by atoms with E-state index in [-0.39, 0.29) is 0 Å². The first-order chi connectivity index (χ1) is 17.6. The molecule has 3 heteroatoms. The number of quaternary nitrogens is 1. The predicted octanol–water partition coefficient (Wildman–Crippen LogP) is 9.35. The zero-order valence-electron chi connectivity index (χ0n) is 26.6. The minimum absolute atomic E-state index is 0.530. The maximum atomic E-state index is 5.53. The van der Waals surface area contributed by atoms with Crippen LogP contribution >= 0.6 is 0 Å². The largest absolute Gasteiger partial charge is 0.497 e. The molecule has 0 amide bonds. The Morgan fingerprint density at radius 2 is 1.58 bits per heavy atom. The third kappa shape index (κ3) is 20.0. The quantitative estimate of drug-likeness (QED) is 0.169. The third-order valence-electron chi connectivity index (χ3n) is 4.75. The van der Waals surface area contributed by atoms with Gasteiger partial charge in [-0.3, -0.25) is 0 Å². The van der Waals surface area contributed by atoms with Crippen LogP contribution in [0.1, 0.15) is 112 Å². The van der Waals surface area contributed by atoms with Gasteiger partial charge in [0.2, 0.25) is 0 Å². The van der Waals surface area contributed by atoms with E-state index in [4.69, 9.17) is 4.74 Å². The molecule has 0 aliphatic rings. The zero-order chi connectivity index (χ0) is 28.8. The number of rotatable bonds is 12. The molecule has 0 saturated heterocycles. The number of allylic oxidation sites excluding steroid dienone is 6. The monoisotopic (exact) mass is 503 g/mol. The maximum Gasteiger partial charge on any atom is 0.132 e. The molecule has 3 nitrogen and oxygen atoms in total. The number of nitrogens with one attached hydrogen (secondary N) is 1. The molecule has 1 aromatic carbocycles. The van der Waals surface area contributed by atoms with Gasteiger partial charge in [-0.2, -0.15) is 0 Å². The lowest BCUT2D eigenvalue weighted by Crippen LogP contribution is -2.73. The number of methoxy groups -OCH3 is 1. The smallest absolute Gasteiger partial charge is 0.132 e. The maximum absolute atomic E-state index is 5.53. The van der Waals surface area contributed by atoms with E-state index < -0.39 is 0 Å². The fourth-order valence-corrected chi connectivity index (χ4v) is 3.17. The predicted molar refractivity (Wildman–Crippen MR) is 167 cm³/mol. The highest BCUT2D eigenvalue weighted by molar-refractivity contribution is 5.44. The molecule has 1 rings (SSSR count). The Morgan fingerprint density at radius 1 is 0.972 bits per heavy atom. The van der Waals surface area contributed by atoms with Crippen molar-refractivity contribution in [3.8, 4) is 0 Å². The van der Waals surface area contributed by atoms with Crippen molar-refractivity contribution in [1.82, 2.24) is 5.32 Å². The van der Waals surface area contributed by atoms with Crippen LogP contribution in [0.5, 0.6) is 0 Å². The second-order valence-corrected chi connectivity index (χ2v) is 6.90. The van der Waals surface area contributed by atoms with Crippen LogP contribution < -0.4 is 10.6 Å². The van der Waals surface area contributed by atoms with Gasteiger partial charge in [-0.25, -0.2) is 0 Å². The summed E-state index contributed by atoms with van der Waals surface area (Å²) in [4.78, 5) is 0. The molecule has 1 aromatic rings. The van der Waals surface area contributed by atoms with Gasteiger partial charge in [-0.15, -0.1) is 0 Å². The van der Waals surface area contributed by atoms with Crippen molar-refractivity contribution in [3.05, 3.63) is 77.2 Å². The standard InChI is InChI=1S/C25H38N2O.4C2H6/c1-7-10-14-22(27-9-3)19-23(28-6)15-12-11-13-21(8-2)24-18-20(4)16-17-25(24)26-5;4*1-2/h10-12,14-19,21,26-27H,7-9,13H2,1-6H3;4*1-2H3/p+1/b12-11+,14-10-,22-19+,23-15-;;;;. The number of ether oxygens (including phenoxy) is 1. The highest BCUT2D eigenvalue weighted by Crippen LogP contribution is 2.29. The first-order valence-electron chi connectivity index (χ1n) is 14.5. The molecule has 0 aromatic heterocycles. The summed E-state index contributed by atoms with van der Waals surface area (Å²) in [5, 5.41) is 5.57. The molecule has 1 unspecified atom stereocenters. The Kier molecular flexibility index (Phi) is 37.2. The molecule has 0 aliphatic carbocycles. The van der Waals surface area contributed by atoms with Crippen molar-refractivity contribution in [1.29, 1.82) is 0 Å². The Labute approximate surface area is 227 Å². The summed E-state index contributed by atoms with van der Waals surface area (Å²) in [6, 6.07) is 6.76. The summed E-state index contributed by atoms with van der Waals surface area (Å²) in [6.45, 7) is 25.6. The molecule has 0 spiro atoms. The summed E-state index contributed by atoms with van der Waals surface area (Å²) in [7, 11) is 3.83. The molecule has 0 fully saturated rings. The van der Waals surface area contributed by atoms with E-state index in [1.165, 1.54) is 16.8 Å². The topological polar surface area (TPSA) is 37.9 Å². The summed E-state index contributed by atoms with van der Waals surface area (Å²) in [5.74, 6) is 1.38. The molecule has 3 N–H and O–H groups in total. The van der Waals surface area contributed by atoms with Gasteiger partial charge in [0.25, 0.3) is 0 Å². The Balaban J connectivity index is -0.000000579. The van der Waals surface area contributed by atoms with Crippen LogP contribution in [0.3, 0.4) is 0 Å². The van der Waals surface area contributed by atoms with Gasteiger partial charge in [-0.05, 0) is 63.3 Å². The molecule has 0 radical (unpaired) electrons. The van der Waals surface area contributed by atoms with E-state index in [1.807, 2.05) is 67.5 Å². The van der Waals surface area contributed by atoms with E-state index in [1.54, 1.807) is 7.11 Å². The lowest BCUT2D eigenvalue weighted by Gasteiger charge is -2.16. The van der Waals surface area contributed by atoms with E-state index in [0.29, 0.717) is 5.92 Å². The minimum Gasteiger partial charge on any atom is -0.497 e. The van der Waals surface area contributed by atoms with Crippen molar-refractivity contribution < 1.29 is 10.1 Å². The first-order valence-corrected chi connectivity index (χ1v) is 14.5. The Morgan fingerprint density at radius 3 is 2.06 bits per heavy atom. The van der Waals surface area contributed by atoms with Crippen LogP contribution in [0.4, 0.5) is 5.69 Å². The normalized spacial score (nSPS) is 11.6. The fourth-order valence-electron chi connectivity index (χ4n) is 3.17. The first kappa shape index (κ1) is 40.9. The second-order valence-electron chi connectivity index (χ2n) is 6.90. The summed E-state index contributed by atoms with van der Waals surface area (Å²) >= 11 is 0. The van der Waals surface area contributed by atoms with E-state index in [0.717, 1.165) is 37.3 Å². The minimum atomic E-state index is 0.530. The number of hydrogen-bond donors (Lipinski definition) is 2. The average Bonchev–Trinajstić information content (AvgIpc) is 2.95. The molecular formula is C33H63N2O+. The van der Waals surface area contributed by atoms with Crippen LogP contribution in [-0.2, 0) is 4.74 Å². The van der Waals surface area contributed by atoms with Gasteiger partial charge in [0, 0.05) is 23.9 Å². The van der Waals surface area contributed by atoms with Gasteiger partial charge in [-0.1, -0.05) is 99.1 Å². The molecule has 210 valence electrons. The number of likely N-dealkylation sites (N-methyl/N-ethyl adjacent to an activating group) is 1. The summed E-state index contributed by atoms with van der Waals surface area (Å²) < 4.78 is 5.53. The Hall–Kier alpha value is -2.26. The van der Waals surface area contributed by atoms with E-state index in [2.05, 4.69) is 87.9 Å². The average molecular weight is 504 g/mol. The second kappa shape index (κ2) is 32.7. The van der Waals surface area contributed by atoms with Crippen molar-refractivity contribution >= 4 is 5.69 Å². The number of hydrogen-bond acceptors (Lipinski definition) is 2. The number of benzene rings is 1. The molecular weight excluding hydrogens is 440 g/mol. The lowest BCUT2D eigenvalue weighted by molar-refractivity contribution is -0.540. The molecule has 1 atom stereocenters. The molecule has 36 heavy (non-hydrogen) atoms. The van der Waals surface area contributed by atoms with Gasteiger partial charge in [0.1, 0.15) is 11.4 Å². The van der Waals surface area contributed by atoms with E-state index in [9.17, 15) is 0 Å². The molecule has 0 heterocycles. The molecule has 0 bridgehead atoms. The summed E-state index contributed by atoms with van der Waals surface area (Å²) in [6.07, 6.45) is 15.9.